The van der Waals surface area contributed by atoms with Gasteiger partial charge in [-0.2, -0.15) is 4.73 Å². The number of benzene rings is 2. The number of hydrogen-bond donors (Lipinski definition) is 0. The molecule has 7 nitrogen and oxygen atoms in total. The van der Waals surface area contributed by atoms with E-state index in [1.165, 1.54) is 49.6 Å². The van der Waals surface area contributed by atoms with Crippen molar-refractivity contribution in [2.75, 3.05) is 7.11 Å². The van der Waals surface area contributed by atoms with Crippen molar-refractivity contribution in [1.29, 1.82) is 0 Å². The molecular weight excluding hydrogens is 466 g/mol. The van der Waals surface area contributed by atoms with Gasteiger partial charge in [0.25, 0.3) is 0 Å². The Morgan fingerprint density at radius 3 is 2.39 bits per heavy atom. The first kappa shape index (κ1) is 24.4. The van der Waals surface area contributed by atoms with Crippen LogP contribution in [0.4, 0.5) is 0 Å². The van der Waals surface area contributed by atoms with Gasteiger partial charge in [-0.1, -0.05) is 29.8 Å². The number of aromatic nitrogens is 1. The van der Waals surface area contributed by atoms with Gasteiger partial charge in [0.15, 0.2) is 27.5 Å². The molecular formula is C24H22ClNO6S. The number of methoxy groups -OCH3 is 1. The number of ether oxygens (including phenoxy) is 1. The van der Waals surface area contributed by atoms with E-state index in [1.807, 2.05) is 0 Å². The second-order valence-electron chi connectivity index (χ2n) is 7.49. The van der Waals surface area contributed by atoms with Crippen LogP contribution in [-0.4, -0.2) is 27.3 Å². The molecule has 0 spiro atoms. The van der Waals surface area contributed by atoms with E-state index in [9.17, 15) is 23.2 Å². The summed E-state index contributed by atoms with van der Waals surface area (Å²) in [6.07, 6.45) is 1.78. The molecule has 0 aliphatic heterocycles. The molecule has 33 heavy (non-hydrogen) atoms. The van der Waals surface area contributed by atoms with Crippen LogP contribution < -0.4 is 4.73 Å². The summed E-state index contributed by atoms with van der Waals surface area (Å²) < 4.78 is 31.3. The highest BCUT2D eigenvalue weighted by Gasteiger charge is 2.22. The van der Waals surface area contributed by atoms with Gasteiger partial charge < -0.3 is 9.94 Å². The lowest BCUT2D eigenvalue weighted by Crippen LogP contribution is -2.30. The lowest BCUT2D eigenvalue weighted by atomic mass is 10.00. The van der Waals surface area contributed by atoms with E-state index in [0.29, 0.717) is 16.8 Å². The second-order valence-corrected chi connectivity index (χ2v) is 9.92. The quantitative estimate of drug-likeness (QED) is 0.208. The Morgan fingerprint density at radius 2 is 1.76 bits per heavy atom. The summed E-state index contributed by atoms with van der Waals surface area (Å²) >= 11 is 6.07. The number of pyridine rings is 1. The lowest BCUT2D eigenvalue weighted by molar-refractivity contribution is -0.612. The Labute approximate surface area is 197 Å². The Morgan fingerprint density at radius 1 is 1.06 bits per heavy atom. The van der Waals surface area contributed by atoms with Crippen LogP contribution in [0.3, 0.4) is 0 Å². The standard InChI is InChI=1S/C24H22ClNO6S/c1-16-3-7-18(14-26(16)29)24(28)22-13-20(25)9-8-19(22)15-33(30,31)21-10-4-17(5-11-21)6-12-23(27)32-2/h3-5,7-11,13-14H,6,12,15H2,1-2H3. The third-order valence-electron chi connectivity index (χ3n) is 5.16. The number of aryl methyl sites for hydroxylation is 2. The first-order chi connectivity index (χ1) is 15.6. The van der Waals surface area contributed by atoms with Crippen LogP contribution in [-0.2, 0) is 31.5 Å². The number of hydrogen-bond acceptors (Lipinski definition) is 6. The molecule has 1 heterocycles. The summed E-state index contributed by atoms with van der Waals surface area (Å²) in [5.74, 6) is -1.26. The summed E-state index contributed by atoms with van der Waals surface area (Å²) in [6.45, 7) is 1.61. The number of rotatable bonds is 8. The van der Waals surface area contributed by atoms with Crippen LogP contribution in [0.25, 0.3) is 0 Å². The average Bonchev–Trinajstić information content (AvgIpc) is 2.80. The lowest BCUT2D eigenvalue weighted by Gasteiger charge is -2.11. The molecule has 172 valence electrons. The van der Waals surface area contributed by atoms with E-state index in [-0.39, 0.29) is 39.0 Å². The smallest absolute Gasteiger partial charge is 0.305 e. The Balaban J connectivity index is 1.87. The molecule has 1 aromatic heterocycles. The van der Waals surface area contributed by atoms with Crippen LogP contribution >= 0.6 is 11.6 Å². The monoisotopic (exact) mass is 487 g/mol. The molecule has 9 heteroatoms. The molecule has 0 bridgehead atoms. The Hall–Kier alpha value is -3.23. The van der Waals surface area contributed by atoms with E-state index >= 15 is 0 Å². The highest BCUT2D eigenvalue weighted by atomic mass is 35.5. The van der Waals surface area contributed by atoms with Crippen LogP contribution in [0.1, 0.15) is 39.2 Å². The van der Waals surface area contributed by atoms with Gasteiger partial charge in [0, 0.05) is 30.0 Å². The predicted molar refractivity (Wildman–Crippen MR) is 123 cm³/mol. The molecule has 3 rings (SSSR count). The van der Waals surface area contributed by atoms with E-state index in [4.69, 9.17) is 11.6 Å². The van der Waals surface area contributed by atoms with Crippen LogP contribution in [0.5, 0.6) is 0 Å². The van der Waals surface area contributed by atoms with E-state index in [2.05, 4.69) is 4.74 Å². The van der Waals surface area contributed by atoms with E-state index in [0.717, 1.165) is 11.8 Å². The van der Waals surface area contributed by atoms with Crippen molar-refractivity contribution in [3.05, 3.63) is 99.0 Å². The number of carbonyl (C=O) groups is 2. The predicted octanol–water partition coefficient (Wildman–Crippen LogP) is 3.59. The Kier molecular flexibility index (Phi) is 7.50. The first-order valence-corrected chi connectivity index (χ1v) is 12.0. The first-order valence-electron chi connectivity index (χ1n) is 10.0. The minimum absolute atomic E-state index is 0.0883. The summed E-state index contributed by atoms with van der Waals surface area (Å²) in [7, 11) is -2.48. The van der Waals surface area contributed by atoms with Crippen LogP contribution in [0.2, 0.25) is 5.02 Å². The molecule has 0 radical (unpaired) electrons. The largest absolute Gasteiger partial charge is 0.618 e. The molecule has 0 N–H and O–H groups in total. The highest BCUT2D eigenvalue weighted by Crippen LogP contribution is 2.24. The highest BCUT2D eigenvalue weighted by molar-refractivity contribution is 7.90. The fourth-order valence-electron chi connectivity index (χ4n) is 3.23. The molecule has 0 aliphatic rings. The molecule has 0 atom stereocenters. The fraction of sp³-hybridized carbons (Fsp3) is 0.208. The summed E-state index contributed by atoms with van der Waals surface area (Å²) in [5, 5.41) is 12.2. The number of ketones is 1. The maximum atomic E-state index is 13.1. The van der Waals surface area contributed by atoms with Gasteiger partial charge >= 0.3 is 5.97 Å². The SMILES string of the molecule is COC(=O)CCc1ccc(S(=O)(=O)Cc2ccc(Cl)cc2C(=O)c2ccc(C)[n+]([O-])c2)cc1. The second kappa shape index (κ2) is 10.1. The van der Waals surface area contributed by atoms with Crippen molar-refractivity contribution in [2.45, 2.75) is 30.4 Å². The van der Waals surface area contributed by atoms with Crippen molar-refractivity contribution < 1.29 is 27.5 Å². The third kappa shape index (κ3) is 5.97. The number of halogens is 1. The maximum absolute atomic E-state index is 13.1. The van der Waals surface area contributed by atoms with Gasteiger partial charge in [0.05, 0.1) is 23.3 Å². The fourth-order valence-corrected chi connectivity index (χ4v) is 4.78. The van der Waals surface area contributed by atoms with Gasteiger partial charge in [0.2, 0.25) is 0 Å². The van der Waals surface area contributed by atoms with Crippen molar-refractivity contribution in [3.63, 3.8) is 0 Å². The molecule has 2 aromatic carbocycles. The molecule has 0 aliphatic carbocycles. The Bertz CT molecular complexity index is 1300. The summed E-state index contributed by atoms with van der Waals surface area (Å²) in [6, 6.07) is 13.7. The number of esters is 1. The molecule has 0 unspecified atom stereocenters. The third-order valence-corrected chi connectivity index (χ3v) is 7.08. The van der Waals surface area contributed by atoms with Gasteiger partial charge in [-0.25, -0.2) is 8.42 Å². The van der Waals surface area contributed by atoms with E-state index in [1.54, 1.807) is 19.1 Å². The van der Waals surface area contributed by atoms with Gasteiger partial charge in [0.1, 0.15) is 0 Å². The number of carbonyl (C=O) groups excluding carboxylic acids is 2. The number of nitrogens with zero attached hydrogens (tertiary/aromatic N) is 1. The van der Waals surface area contributed by atoms with Crippen molar-refractivity contribution in [3.8, 4) is 0 Å². The zero-order valence-electron chi connectivity index (χ0n) is 18.1. The minimum Gasteiger partial charge on any atom is -0.618 e. The van der Waals surface area contributed by atoms with Gasteiger partial charge in [-0.15, -0.1) is 0 Å². The zero-order valence-corrected chi connectivity index (χ0v) is 19.7. The van der Waals surface area contributed by atoms with E-state index < -0.39 is 21.4 Å². The van der Waals surface area contributed by atoms with Crippen molar-refractivity contribution in [1.82, 2.24) is 0 Å². The van der Waals surface area contributed by atoms with Crippen molar-refractivity contribution in [2.24, 2.45) is 0 Å². The molecule has 0 saturated carbocycles. The normalized spacial score (nSPS) is 11.2. The van der Waals surface area contributed by atoms with Gasteiger partial charge in [-0.05, 0) is 47.9 Å². The minimum atomic E-state index is -3.79. The number of sulfone groups is 1. The van der Waals surface area contributed by atoms with Crippen molar-refractivity contribution >= 4 is 33.2 Å². The molecule has 0 fully saturated rings. The average molecular weight is 488 g/mol. The molecule has 0 amide bonds. The van der Waals surface area contributed by atoms with Gasteiger partial charge in [-0.3, -0.25) is 9.59 Å². The molecule has 0 saturated heterocycles. The maximum Gasteiger partial charge on any atom is 0.305 e. The molecule has 3 aromatic rings. The summed E-state index contributed by atoms with van der Waals surface area (Å²) in [5.41, 5.74) is 1.75. The van der Waals surface area contributed by atoms with Crippen LogP contribution in [0.15, 0.2) is 65.7 Å². The van der Waals surface area contributed by atoms with Crippen LogP contribution in [0, 0.1) is 12.1 Å². The zero-order chi connectivity index (χ0) is 24.2. The topological polar surface area (TPSA) is 104 Å². The summed E-state index contributed by atoms with van der Waals surface area (Å²) in [4.78, 5) is 24.4.